The van der Waals surface area contributed by atoms with Gasteiger partial charge in [-0.2, -0.15) is 0 Å². The average Bonchev–Trinajstić information content (AvgIpc) is 2.18. The van der Waals surface area contributed by atoms with Crippen molar-refractivity contribution >= 4 is 27.9 Å². The van der Waals surface area contributed by atoms with E-state index in [-0.39, 0.29) is 6.42 Å². The van der Waals surface area contributed by atoms with E-state index >= 15 is 0 Å². The van der Waals surface area contributed by atoms with Gasteiger partial charge in [0, 0.05) is 10.9 Å². The molecule has 0 saturated carbocycles. The van der Waals surface area contributed by atoms with Crippen molar-refractivity contribution in [3.05, 3.63) is 34.3 Å². The Morgan fingerprint density at radius 3 is 2.57 bits per heavy atom. The third kappa shape index (κ3) is 2.67. The molecule has 0 N–H and O–H groups in total. The van der Waals surface area contributed by atoms with Crippen LogP contribution in [0.15, 0.2) is 28.7 Å². The van der Waals surface area contributed by atoms with Crippen molar-refractivity contribution in [3.63, 3.8) is 0 Å². The SMILES string of the molecule is CCC(=O)OC(=O)c1ccccc1Br. The van der Waals surface area contributed by atoms with Gasteiger partial charge in [0.05, 0.1) is 5.56 Å². The van der Waals surface area contributed by atoms with E-state index in [0.29, 0.717) is 10.0 Å². The first-order valence-corrected chi connectivity index (χ1v) is 4.94. The fourth-order valence-electron chi connectivity index (χ4n) is 0.857. The van der Waals surface area contributed by atoms with Crippen LogP contribution in [-0.2, 0) is 9.53 Å². The molecule has 0 amide bonds. The summed E-state index contributed by atoms with van der Waals surface area (Å²) in [5, 5.41) is 0. The van der Waals surface area contributed by atoms with Crippen LogP contribution in [-0.4, -0.2) is 11.9 Å². The molecule has 0 atom stereocenters. The number of hydrogen-bond donors (Lipinski definition) is 0. The molecule has 0 unspecified atom stereocenters. The predicted octanol–water partition coefficient (Wildman–Crippen LogP) is 2.54. The standard InChI is InChI=1S/C10H9BrO3/c1-2-9(12)14-10(13)7-5-3-4-6-8(7)11/h3-6H,2H2,1H3. The number of halogens is 1. The minimum Gasteiger partial charge on any atom is -0.389 e. The van der Waals surface area contributed by atoms with E-state index < -0.39 is 11.9 Å². The van der Waals surface area contributed by atoms with Gasteiger partial charge in [0.15, 0.2) is 0 Å². The van der Waals surface area contributed by atoms with Gasteiger partial charge in [0.1, 0.15) is 0 Å². The van der Waals surface area contributed by atoms with E-state index in [1.807, 2.05) is 0 Å². The zero-order valence-corrected chi connectivity index (χ0v) is 9.21. The Balaban J connectivity index is 2.80. The summed E-state index contributed by atoms with van der Waals surface area (Å²) in [7, 11) is 0. The molecule has 0 aromatic heterocycles. The molecule has 0 heterocycles. The van der Waals surface area contributed by atoms with Crippen molar-refractivity contribution in [3.8, 4) is 0 Å². The molecule has 0 aliphatic carbocycles. The summed E-state index contributed by atoms with van der Waals surface area (Å²) in [6.45, 7) is 1.63. The number of ether oxygens (including phenoxy) is 1. The van der Waals surface area contributed by atoms with E-state index in [1.54, 1.807) is 31.2 Å². The molecule has 0 radical (unpaired) electrons. The lowest BCUT2D eigenvalue weighted by Crippen LogP contribution is -2.11. The van der Waals surface area contributed by atoms with Crippen LogP contribution in [0.4, 0.5) is 0 Å². The summed E-state index contributed by atoms with van der Waals surface area (Å²) in [5.74, 6) is -1.14. The number of rotatable bonds is 2. The highest BCUT2D eigenvalue weighted by Gasteiger charge is 2.13. The molecule has 0 fully saturated rings. The Bertz CT molecular complexity index is 360. The number of carbonyl (C=O) groups is 2. The summed E-state index contributed by atoms with van der Waals surface area (Å²) in [6, 6.07) is 6.79. The molecule has 0 saturated heterocycles. The van der Waals surface area contributed by atoms with E-state index in [2.05, 4.69) is 20.7 Å². The number of hydrogen-bond acceptors (Lipinski definition) is 3. The molecule has 4 heteroatoms. The van der Waals surface area contributed by atoms with E-state index in [4.69, 9.17) is 0 Å². The molecule has 0 aliphatic heterocycles. The van der Waals surface area contributed by atoms with Gasteiger partial charge in [-0.3, -0.25) is 4.79 Å². The Kier molecular flexibility index (Phi) is 3.83. The van der Waals surface area contributed by atoms with Crippen LogP contribution in [0.3, 0.4) is 0 Å². The fraction of sp³-hybridized carbons (Fsp3) is 0.200. The van der Waals surface area contributed by atoms with Crippen LogP contribution < -0.4 is 0 Å². The van der Waals surface area contributed by atoms with Crippen LogP contribution in [0.2, 0.25) is 0 Å². The maximum absolute atomic E-state index is 11.4. The van der Waals surface area contributed by atoms with Gasteiger partial charge in [0.25, 0.3) is 0 Å². The van der Waals surface area contributed by atoms with Crippen molar-refractivity contribution in [2.75, 3.05) is 0 Å². The van der Waals surface area contributed by atoms with Crippen LogP contribution >= 0.6 is 15.9 Å². The fourth-order valence-corrected chi connectivity index (χ4v) is 1.30. The molecular formula is C10H9BrO3. The minimum absolute atomic E-state index is 0.191. The molecule has 1 rings (SSSR count). The van der Waals surface area contributed by atoms with Gasteiger partial charge in [-0.15, -0.1) is 0 Å². The summed E-state index contributed by atoms with van der Waals surface area (Å²) in [4.78, 5) is 22.2. The predicted molar refractivity (Wildman–Crippen MR) is 54.9 cm³/mol. The highest BCUT2D eigenvalue weighted by atomic mass is 79.9. The average molecular weight is 257 g/mol. The minimum atomic E-state index is -0.621. The lowest BCUT2D eigenvalue weighted by atomic mass is 10.2. The van der Waals surface area contributed by atoms with Crippen molar-refractivity contribution in [1.29, 1.82) is 0 Å². The second-order valence-corrected chi connectivity index (χ2v) is 3.45. The zero-order chi connectivity index (χ0) is 10.6. The van der Waals surface area contributed by atoms with Crippen LogP contribution in [0.5, 0.6) is 0 Å². The number of carbonyl (C=O) groups excluding carboxylic acids is 2. The molecule has 3 nitrogen and oxygen atoms in total. The maximum Gasteiger partial charge on any atom is 0.346 e. The Morgan fingerprint density at radius 2 is 2.00 bits per heavy atom. The summed E-state index contributed by atoms with van der Waals surface area (Å²) < 4.78 is 5.18. The van der Waals surface area contributed by atoms with Crippen molar-refractivity contribution in [2.45, 2.75) is 13.3 Å². The van der Waals surface area contributed by atoms with Gasteiger partial charge < -0.3 is 4.74 Å². The van der Waals surface area contributed by atoms with Crippen molar-refractivity contribution in [2.24, 2.45) is 0 Å². The molecule has 0 spiro atoms. The normalized spacial score (nSPS) is 9.57. The molecule has 14 heavy (non-hydrogen) atoms. The molecule has 74 valence electrons. The third-order valence-corrected chi connectivity index (χ3v) is 2.28. The van der Waals surface area contributed by atoms with Crippen LogP contribution in [0.25, 0.3) is 0 Å². The summed E-state index contributed by atoms with van der Waals surface area (Å²) >= 11 is 3.20. The number of benzene rings is 1. The van der Waals surface area contributed by atoms with Gasteiger partial charge in [-0.05, 0) is 28.1 Å². The zero-order valence-electron chi connectivity index (χ0n) is 7.62. The Morgan fingerprint density at radius 1 is 1.36 bits per heavy atom. The smallest absolute Gasteiger partial charge is 0.346 e. The molecule has 1 aromatic carbocycles. The second kappa shape index (κ2) is 4.91. The molecule has 0 bridgehead atoms. The Hall–Kier alpha value is -1.16. The number of esters is 2. The van der Waals surface area contributed by atoms with Gasteiger partial charge in [-0.25, -0.2) is 4.79 Å². The first-order valence-electron chi connectivity index (χ1n) is 4.14. The van der Waals surface area contributed by atoms with Crippen LogP contribution in [0.1, 0.15) is 23.7 Å². The largest absolute Gasteiger partial charge is 0.389 e. The maximum atomic E-state index is 11.4. The second-order valence-electron chi connectivity index (χ2n) is 2.59. The van der Waals surface area contributed by atoms with Gasteiger partial charge in [0.2, 0.25) is 0 Å². The van der Waals surface area contributed by atoms with Crippen molar-refractivity contribution < 1.29 is 14.3 Å². The van der Waals surface area contributed by atoms with E-state index in [9.17, 15) is 9.59 Å². The highest BCUT2D eigenvalue weighted by Crippen LogP contribution is 2.16. The van der Waals surface area contributed by atoms with Crippen LogP contribution in [0, 0.1) is 0 Å². The topological polar surface area (TPSA) is 43.4 Å². The molecule has 0 aliphatic rings. The Labute approximate surface area is 90.2 Å². The third-order valence-electron chi connectivity index (χ3n) is 1.59. The van der Waals surface area contributed by atoms with E-state index in [0.717, 1.165) is 0 Å². The lowest BCUT2D eigenvalue weighted by Gasteiger charge is -2.02. The summed E-state index contributed by atoms with van der Waals surface area (Å²) in [5.41, 5.74) is 0.356. The van der Waals surface area contributed by atoms with Gasteiger partial charge in [-0.1, -0.05) is 19.1 Å². The first-order chi connectivity index (χ1) is 6.65. The monoisotopic (exact) mass is 256 g/mol. The highest BCUT2D eigenvalue weighted by molar-refractivity contribution is 9.10. The first kappa shape index (κ1) is 10.9. The van der Waals surface area contributed by atoms with E-state index in [1.165, 1.54) is 0 Å². The quantitative estimate of drug-likeness (QED) is 0.604. The summed E-state index contributed by atoms with van der Waals surface area (Å²) in [6.07, 6.45) is 0.191. The molecule has 1 aromatic rings. The van der Waals surface area contributed by atoms with Crippen molar-refractivity contribution in [1.82, 2.24) is 0 Å². The van der Waals surface area contributed by atoms with Gasteiger partial charge >= 0.3 is 11.9 Å². The lowest BCUT2D eigenvalue weighted by molar-refractivity contribution is -0.137. The molecular weight excluding hydrogens is 248 g/mol.